The van der Waals surface area contributed by atoms with Crippen molar-refractivity contribution in [1.29, 1.82) is 0 Å². The highest BCUT2D eigenvalue weighted by atomic mass is 35.5. The lowest BCUT2D eigenvalue weighted by Crippen LogP contribution is -2.46. The molecule has 0 fully saturated rings. The predicted octanol–water partition coefficient (Wildman–Crippen LogP) is 1.86. The average molecular weight is 336 g/mol. The summed E-state index contributed by atoms with van der Waals surface area (Å²) in [5.74, 6) is 1.78. The van der Waals surface area contributed by atoms with Crippen LogP contribution in [0.15, 0.2) is 30.3 Å². The Morgan fingerprint density at radius 2 is 2.00 bits per heavy atom. The Bertz CT molecular complexity index is 670. The number of aromatic nitrogens is 3. The molecule has 6 nitrogen and oxygen atoms in total. The van der Waals surface area contributed by atoms with E-state index in [1.807, 2.05) is 39.9 Å². The van der Waals surface area contributed by atoms with Gasteiger partial charge in [-0.2, -0.15) is 5.10 Å². The number of hydrogen-bond donors (Lipinski definition) is 1. The first-order valence-corrected chi connectivity index (χ1v) is 7.61. The lowest BCUT2D eigenvalue weighted by molar-refractivity contribution is -0.134. The minimum atomic E-state index is -0.0743. The second-order valence-corrected chi connectivity index (χ2v) is 5.86. The molecule has 0 radical (unpaired) electrons. The molecule has 2 heterocycles. The number of hydrogen-bond acceptors (Lipinski definition) is 4. The fraction of sp³-hybridized carbons (Fsp3) is 0.438. The fourth-order valence-electron chi connectivity index (χ4n) is 2.98. The molecular formula is C16H22ClN5O. The van der Waals surface area contributed by atoms with Crippen LogP contribution in [0.25, 0.3) is 11.4 Å². The van der Waals surface area contributed by atoms with Gasteiger partial charge in [-0.1, -0.05) is 44.2 Å². The molecule has 1 aromatic carbocycles. The van der Waals surface area contributed by atoms with Gasteiger partial charge in [-0.05, 0) is 5.92 Å². The largest absolute Gasteiger partial charge is 0.329 e. The van der Waals surface area contributed by atoms with E-state index in [1.165, 1.54) is 0 Å². The van der Waals surface area contributed by atoms with Crippen LogP contribution < -0.4 is 5.73 Å². The van der Waals surface area contributed by atoms with E-state index in [-0.39, 0.29) is 36.8 Å². The van der Waals surface area contributed by atoms with E-state index >= 15 is 0 Å². The molecule has 0 spiro atoms. The number of carbonyl (C=O) groups excluding carboxylic acids is 1. The molecule has 2 N–H and O–H groups in total. The number of nitrogens with zero attached hydrogens (tertiary/aromatic N) is 4. The minimum absolute atomic E-state index is 0. The Morgan fingerprint density at radius 1 is 1.30 bits per heavy atom. The van der Waals surface area contributed by atoms with Crippen LogP contribution in [-0.4, -0.2) is 38.7 Å². The van der Waals surface area contributed by atoms with Crippen LogP contribution in [-0.2, 0) is 11.3 Å². The SMILES string of the molecule is CC(C)[C@H]1c2nc(-c3ccccc3)nn2CCN1C(=O)CN.Cl. The summed E-state index contributed by atoms with van der Waals surface area (Å²) in [4.78, 5) is 18.7. The maximum absolute atomic E-state index is 12.1. The fourth-order valence-corrected chi connectivity index (χ4v) is 2.98. The Hall–Kier alpha value is -1.92. The van der Waals surface area contributed by atoms with E-state index in [0.29, 0.717) is 18.9 Å². The standard InChI is InChI=1S/C16H21N5O.ClH/c1-11(2)14-16-18-15(12-6-4-3-5-7-12)19-21(16)9-8-20(14)13(22)10-17;/h3-7,11,14H,8-10,17H2,1-2H3;1H/t14-;/m0./s1. The Balaban J connectivity index is 0.00000192. The monoisotopic (exact) mass is 335 g/mol. The second-order valence-electron chi connectivity index (χ2n) is 5.86. The summed E-state index contributed by atoms with van der Waals surface area (Å²) >= 11 is 0. The molecule has 2 aromatic rings. The van der Waals surface area contributed by atoms with Crippen LogP contribution in [0.2, 0.25) is 0 Å². The van der Waals surface area contributed by atoms with Crippen molar-refractivity contribution in [2.45, 2.75) is 26.4 Å². The highest BCUT2D eigenvalue weighted by Crippen LogP contribution is 2.32. The van der Waals surface area contributed by atoms with Gasteiger partial charge in [0.2, 0.25) is 5.91 Å². The Kier molecular flexibility index (Phi) is 5.38. The lowest BCUT2D eigenvalue weighted by Gasteiger charge is -2.37. The van der Waals surface area contributed by atoms with E-state index in [0.717, 1.165) is 11.4 Å². The molecule has 1 amide bonds. The summed E-state index contributed by atoms with van der Waals surface area (Å²) in [6, 6.07) is 9.83. The molecule has 1 aromatic heterocycles. The van der Waals surface area contributed by atoms with E-state index in [4.69, 9.17) is 10.7 Å². The van der Waals surface area contributed by atoms with Crippen molar-refractivity contribution in [2.75, 3.05) is 13.1 Å². The highest BCUT2D eigenvalue weighted by Gasteiger charge is 2.35. The number of halogens is 1. The number of fused-ring (bicyclic) bond motifs is 1. The molecule has 0 saturated heterocycles. The maximum atomic E-state index is 12.1. The molecule has 0 aliphatic carbocycles. The zero-order valence-corrected chi connectivity index (χ0v) is 14.2. The quantitative estimate of drug-likeness (QED) is 0.928. The smallest absolute Gasteiger partial charge is 0.237 e. The third kappa shape index (κ3) is 3.23. The van der Waals surface area contributed by atoms with Crippen molar-refractivity contribution in [3.63, 3.8) is 0 Å². The van der Waals surface area contributed by atoms with Crippen molar-refractivity contribution in [2.24, 2.45) is 11.7 Å². The van der Waals surface area contributed by atoms with Gasteiger partial charge in [0, 0.05) is 12.1 Å². The number of rotatable bonds is 3. The molecule has 0 saturated carbocycles. The Morgan fingerprint density at radius 3 is 2.61 bits per heavy atom. The van der Waals surface area contributed by atoms with Crippen molar-refractivity contribution >= 4 is 18.3 Å². The highest BCUT2D eigenvalue weighted by molar-refractivity contribution is 5.85. The predicted molar refractivity (Wildman–Crippen MR) is 91.1 cm³/mol. The molecule has 1 atom stereocenters. The van der Waals surface area contributed by atoms with E-state index in [2.05, 4.69) is 18.9 Å². The van der Waals surface area contributed by atoms with Gasteiger partial charge in [0.05, 0.1) is 19.1 Å². The topological polar surface area (TPSA) is 77.0 Å². The maximum Gasteiger partial charge on any atom is 0.237 e. The molecule has 7 heteroatoms. The van der Waals surface area contributed by atoms with Crippen molar-refractivity contribution in [1.82, 2.24) is 19.7 Å². The van der Waals surface area contributed by atoms with Crippen molar-refractivity contribution < 1.29 is 4.79 Å². The summed E-state index contributed by atoms with van der Waals surface area (Å²) in [6.45, 7) is 5.50. The van der Waals surface area contributed by atoms with Gasteiger partial charge < -0.3 is 10.6 Å². The van der Waals surface area contributed by atoms with E-state index in [9.17, 15) is 4.79 Å². The molecule has 23 heavy (non-hydrogen) atoms. The van der Waals surface area contributed by atoms with Crippen molar-refractivity contribution in [3.8, 4) is 11.4 Å². The first-order chi connectivity index (χ1) is 10.6. The molecule has 1 aliphatic heterocycles. The van der Waals surface area contributed by atoms with E-state index in [1.54, 1.807) is 0 Å². The van der Waals surface area contributed by atoms with Gasteiger partial charge in [-0.15, -0.1) is 12.4 Å². The molecule has 0 bridgehead atoms. The van der Waals surface area contributed by atoms with Gasteiger partial charge in [0.25, 0.3) is 0 Å². The first-order valence-electron chi connectivity index (χ1n) is 7.61. The minimum Gasteiger partial charge on any atom is -0.329 e. The normalized spacial score (nSPS) is 16.9. The van der Waals surface area contributed by atoms with Gasteiger partial charge in [0.15, 0.2) is 11.6 Å². The van der Waals surface area contributed by atoms with E-state index < -0.39 is 0 Å². The van der Waals surface area contributed by atoms with Crippen LogP contribution in [0.3, 0.4) is 0 Å². The molecule has 1 aliphatic rings. The van der Waals surface area contributed by atoms with Gasteiger partial charge in [-0.25, -0.2) is 9.67 Å². The zero-order valence-electron chi connectivity index (χ0n) is 13.3. The molecular weight excluding hydrogens is 314 g/mol. The van der Waals surface area contributed by atoms with Crippen LogP contribution in [0, 0.1) is 5.92 Å². The lowest BCUT2D eigenvalue weighted by atomic mass is 10.00. The van der Waals surface area contributed by atoms with Gasteiger partial charge in [-0.3, -0.25) is 4.79 Å². The van der Waals surface area contributed by atoms with Crippen LogP contribution in [0.4, 0.5) is 0 Å². The van der Waals surface area contributed by atoms with Gasteiger partial charge in [0.1, 0.15) is 0 Å². The summed E-state index contributed by atoms with van der Waals surface area (Å²) in [5.41, 5.74) is 6.54. The third-order valence-corrected chi connectivity index (χ3v) is 4.01. The number of nitrogens with two attached hydrogens (primary N) is 1. The molecule has 3 rings (SSSR count). The average Bonchev–Trinajstić information content (AvgIpc) is 2.97. The number of benzene rings is 1. The Labute approximate surface area is 142 Å². The second kappa shape index (κ2) is 7.10. The summed E-state index contributed by atoms with van der Waals surface area (Å²) in [6.07, 6.45) is 0. The summed E-state index contributed by atoms with van der Waals surface area (Å²) in [7, 11) is 0. The third-order valence-electron chi connectivity index (χ3n) is 4.01. The molecule has 124 valence electrons. The zero-order chi connectivity index (χ0) is 15.7. The number of carbonyl (C=O) groups is 1. The van der Waals surface area contributed by atoms with Gasteiger partial charge >= 0.3 is 0 Å². The number of amides is 1. The van der Waals surface area contributed by atoms with Crippen LogP contribution >= 0.6 is 12.4 Å². The molecule has 0 unspecified atom stereocenters. The van der Waals surface area contributed by atoms with Crippen LogP contribution in [0.1, 0.15) is 25.7 Å². The summed E-state index contributed by atoms with van der Waals surface area (Å²) < 4.78 is 1.92. The van der Waals surface area contributed by atoms with Crippen LogP contribution in [0.5, 0.6) is 0 Å². The van der Waals surface area contributed by atoms with Crippen molar-refractivity contribution in [3.05, 3.63) is 36.2 Å². The summed E-state index contributed by atoms with van der Waals surface area (Å²) in [5, 5.41) is 4.61. The first kappa shape index (κ1) is 17.4.